The third kappa shape index (κ3) is 4.29. The Morgan fingerprint density at radius 1 is 1.29 bits per heavy atom. The van der Waals surface area contributed by atoms with Gasteiger partial charge in [0.25, 0.3) is 5.69 Å². The molecule has 21 heavy (non-hydrogen) atoms. The minimum Gasteiger partial charge on any atom is -0.388 e. The molecule has 0 radical (unpaired) electrons. The molecule has 1 fully saturated rings. The second-order valence-corrected chi connectivity index (χ2v) is 5.52. The van der Waals surface area contributed by atoms with E-state index in [0.29, 0.717) is 24.7 Å². The zero-order valence-electron chi connectivity index (χ0n) is 12.3. The quantitative estimate of drug-likeness (QED) is 0.550. The minimum atomic E-state index is -0.733. The van der Waals surface area contributed by atoms with Gasteiger partial charge in [0.05, 0.1) is 22.7 Å². The monoisotopic (exact) mass is 294 g/mol. The highest BCUT2D eigenvalue weighted by molar-refractivity contribution is 5.54. The van der Waals surface area contributed by atoms with Crippen molar-refractivity contribution in [2.24, 2.45) is 0 Å². The Kier molecular flexibility index (Phi) is 4.95. The van der Waals surface area contributed by atoms with E-state index in [1.54, 1.807) is 0 Å². The van der Waals surface area contributed by atoms with Crippen LogP contribution in [0.4, 0.5) is 17.3 Å². The first-order valence-corrected chi connectivity index (χ1v) is 7.39. The number of hydrogen-bond donors (Lipinski definition) is 3. The molecule has 0 aromatic carbocycles. The molecule has 1 aliphatic rings. The van der Waals surface area contributed by atoms with Crippen molar-refractivity contribution in [1.29, 1.82) is 0 Å². The van der Waals surface area contributed by atoms with Gasteiger partial charge in [0.2, 0.25) is 0 Å². The van der Waals surface area contributed by atoms with Crippen LogP contribution >= 0.6 is 0 Å². The Morgan fingerprint density at radius 3 is 2.48 bits per heavy atom. The summed E-state index contributed by atoms with van der Waals surface area (Å²) in [5.41, 5.74) is -0.748. The van der Waals surface area contributed by atoms with Crippen molar-refractivity contribution in [3.05, 3.63) is 22.2 Å². The molecule has 1 aromatic rings. The molecule has 0 bridgehead atoms. The fraction of sp³-hybridized carbons (Fsp3) is 0.643. The van der Waals surface area contributed by atoms with Gasteiger partial charge in [-0.25, -0.2) is 4.98 Å². The molecule has 0 atom stereocenters. The summed E-state index contributed by atoms with van der Waals surface area (Å²) in [6.07, 6.45) is 4.71. The molecule has 0 aliphatic heterocycles. The van der Waals surface area contributed by atoms with Gasteiger partial charge in [-0.2, -0.15) is 0 Å². The Morgan fingerprint density at radius 2 is 1.90 bits per heavy atom. The molecular weight excluding hydrogens is 272 g/mol. The van der Waals surface area contributed by atoms with Gasteiger partial charge in [-0.05, 0) is 19.8 Å². The highest BCUT2D eigenvalue weighted by Gasteiger charge is 2.29. The molecule has 2 rings (SSSR count). The summed E-state index contributed by atoms with van der Waals surface area (Å²) in [7, 11) is 0. The Balaban J connectivity index is 2.09. The van der Waals surface area contributed by atoms with E-state index in [4.69, 9.17) is 0 Å². The summed E-state index contributed by atoms with van der Waals surface area (Å²) in [5.74, 6) is 0.879. The summed E-state index contributed by atoms with van der Waals surface area (Å²) in [5, 5.41) is 27.4. The number of hydrogen-bond acceptors (Lipinski definition) is 6. The number of aromatic nitrogens is 1. The van der Waals surface area contributed by atoms with Crippen LogP contribution in [0, 0.1) is 10.1 Å². The summed E-state index contributed by atoms with van der Waals surface area (Å²) in [6, 6.07) is 2.80. The van der Waals surface area contributed by atoms with Gasteiger partial charge >= 0.3 is 0 Å². The number of pyridine rings is 1. The number of rotatable bonds is 6. The second-order valence-electron chi connectivity index (χ2n) is 5.52. The molecule has 0 amide bonds. The van der Waals surface area contributed by atoms with E-state index in [-0.39, 0.29) is 5.69 Å². The van der Waals surface area contributed by atoms with Crippen LogP contribution in [0.15, 0.2) is 12.1 Å². The minimum absolute atomic E-state index is 0.0147. The number of anilines is 2. The van der Waals surface area contributed by atoms with Gasteiger partial charge in [0.15, 0.2) is 0 Å². The van der Waals surface area contributed by atoms with Crippen molar-refractivity contribution in [3.8, 4) is 0 Å². The maximum Gasteiger partial charge on any atom is 0.276 e. The lowest BCUT2D eigenvalue weighted by atomic mass is 9.85. The lowest BCUT2D eigenvalue weighted by Crippen LogP contribution is -2.38. The van der Waals surface area contributed by atoms with E-state index in [9.17, 15) is 15.2 Å². The van der Waals surface area contributed by atoms with Crippen molar-refractivity contribution < 1.29 is 10.0 Å². The van der Waals surface area contributed by atoms with E-state index in [1.807, 2.05) is 6.92 Å². The lowest BCUT2D eigenvalue weighted by Gasteiger charge is -2.32. The highest BCUT2D eigenvalue weighted by atomic mass is 16.6. The van der Waals surface area contributed by atoms with Crippen molar-refractivity contribution in [2.45, 2.75) is 44.6 Å². The molecular formula is C14H22N4O3. The summed E-state index contributed by atoms with van der Waals surface area (Å²) in [4.78, 5) is 14.8. The standard InChI is InChI=1S/C14H22N4O3/c1-2-15-12-8-11(18(20)21)9-13(17-12)16-10-14(19)6-4-3-5-7-14/h8-9,19H,2-7,10H2,1H3,(H2,15,16,17). The van der Waals surface area contributed by atoms with Crippen LogP contribution in [0.1, 0.15) is 39.0 Å². The zero-order chi connectivity index (χ0) is 15.3. The fourth-order valence-electron chi connectivity index (χ4n) is 2.63. The third-order valence-corrected chi connectivity index (χ3v) is 3.76. The van der Waals surface area contributed by atoms with Crippen LogP contribution in [-0.4, -0.2) is 33.7 Å². The van der Waals surface area contributed by atoms with Gasteiger partial charge in [-0.15, -0.1) is 0 Å². The highest BCUT2D eigenvalue weighted by Crippen LogP contribution is 2.28. The van der Waals surface area contributed by atoms with Crippen LogP contribution in [0.2, 0.25) is 0 Å². The molecule has 7 nitrogen and oxygen atoms in total. The summed E-state index contributed by atoms with van der Waals surface area (Å²) >= 11 is 0. The normalized spacial score (nSPS) is 17.2. The number of nitrogens with one attached hydrogen (secondary N) is 2. The molecule has 116 valence electrons. The third-order valence-electron chi connectivity index (χ3n) is 3.76. The first-order valence-electron chi connectivity index (χ1n) is 7.39. The molecule has 0 unspecified atom stereocenters. The Labute approximate surface area is 123 Å². The van der Waals surface area contributed by atoms with E-state index >= 15 is 0 Å². The van der Waals surface area contributed by atoms with Crippen LogP contribution in [0.25, 0.3) is 0 Å². The molecule has 1 heterocycles. The van der Waals surface area contributed by atoms with Gasteiger partial charge in [-0.3, -0.25) is 10.1 Å². The van der Waals surface area contributed by atoms with Crippen molar-refractivity contribution in [1.82, 2.24) is 4.98 Å². The van der Waals surface area contributed by atoms with Gasteiger partial charge in [-0.1, -0.05) is 19.3 Å². The Hall–Kier alpha value is -1.89. The van der Waals surface area contributed by atoms with Crippen molar-refractivity contribution in [2.75, 3.05) is 23.7 Å². The SMILES string of the molecule is CCNc1cc([N+](=O)[O-])cc(NCC2(O)CCCCC2)n1. The average molecular weight is 294 g/mol. The average Bonchev–Trinajstić information content (AvgIpc) is 2.46. The Bertz CT molecular complexity index is 501. The number of nitro groups is 1. The predicted molar refractivity (Wildman–Crippen MR) is 81.6 cm³/mol. The van der Waals surface area contributed by atoms with Gasteiger partial charge < -0.3 is 15.7 Å². The van der Waals surface area contributed by atoms with Gasteiger partial charge in [0, 0.05) is 13.1 Å². The lowest BCUT2D eigenvalue weighted by molar-refractivity contribution is -0.384. The van der Waals surface area contributed by atoms with Crippen LogP contribution in [0.3, 0.4) is 0 Å². The summed E-state index contributed by atoms with van der Waals surface area (Å²) < 4.78 is 0. The van der Waals surface area contributed by atoms with E-state index in [1.165, 1.54) is 12.1 Å². The van der Waals surface area contributed by atoms with Crippen LogP contribution < -0.4 is 10.6 Å². The van der Waals surface area contributed by atoms with E-state index < -0.39 is 10.5 Å². The van der Waals surface area contributed by atoms with Crippen molar-refractivity contribution in [3.63, 3.8) is 0 Å². The second kappa shape index (κ2) is 6.71. The number of nitrogens with zero attached hydrogens (tertiary/aromatic N) is 2. The smallest absolute Gasteiger partial charge is 0.276 e. The first-order chi connectivity index (χ1) is 10.0. The van der Waals surface area contributed by atoms with Crippen LogP contribution in [-0.2, 0) is 0 Å². The predicted octanol–water partition coefficient (Wildman–Crippen LogP) is 2.53. The molecule has 1 aliphatic carbocycles. The van der Waals surface area contributed by atoms with Gasteiger partial charge in [0.1, 0.15) is 11.6 Å². The largest absolute Gasteiger partial charge is 0.388 e. The molecule has 3 N–H and O–H groups in total. The van der Waals surface area contributed by atoms with E-state index in [0.717, 1.165) is 32.1 Å². The van der Waals surface area contributed by atoms with Crippen molar-refractivity contribution >= 4 is 17.3 Å². The molecule has 1 saturated carbocycles. The topological polar surface area (TPSA) is 100 Å². The van der Waals surface area contributed by atoms with E-state index in [2.05, 4.69) is 15.6 Å². The molecule has 0 saturated heterocycles. The molecule has 7 heteroatoms. The summed E-state index contributed by atoms with van der Waals surface area (Å²) in [6.45, 7) is 2.91. The number of aliphatic hydroxyl groups is 1. The zero-order valence-corrected chi connectivity index (χ0v) is 12.3. The molecule has 0 spiro atoms. The fourth-order valence-corrected chi connectivity index (χ4v) is 2.63. The maximum atomic E-state index is 11.0. The van der Waals surface area contributed by atoms with Crippen LogP contribution in [0.5, 0.6) is 0 Å². The molecule has 1 aromatic heterocycles. The maximum absolute atomic E-state index is 11.0. The first kappa shape index (κ1) is 15.5.